The summed E-state index contributed by atoms with van der Waals surface area (Å²) in [5.74, 6) is -1.26. The molecule has 1 amide bonds. The standard InChI is InChI=1S/C17H32N2O4S/c1-3-13(15(20)7-5-4-6-10-24)11-14(12-16(21)22)17(23)19-9-8-18-2/h13-14,18,24H,3-12H2,1-2H3,(H,19,23)(H,21,22)/t13?,14-/m0/s1. The second kappa shape index (κ2) is 14.3. The van der Waals surface area contributed by atoms with Crippen LogP contribution in [0.1, 0.15) is 51.9 Å². The molecule has 6 nitrogen and oxygen atoms in total. The molecule has 0 rings (SSSR count). The SMILES string of the molecule is CCC(C[C@@H](CC(=O)O)C(=O)NCCNC)C(=O)CCCCCS. The topological polar surface area (TPSA) is 95.5 Å². The Morgan fingerprint density at radius 2 is 1.79 bits per heavy atom. The molecule has 0 fully saturated rings. The zero-order valence-corrected chi connectivity index (χ0v) is 15.7. The number of thiol groups is 1. The highest BCUT2D eigenvalue weighted by Gasteiger charge is 2.27. The molecule has 0 aromatic heterocycles. The molecule has 0 spiro atoms. The smallest absolute Gasteiger partial charge is 0.304 e. The Balaban J connectivity index is 4.60. The molecule has 0 aliphatic carbocycles. The first-order valence-corrected chi connectivity index (χ1v) is 9.37. The summed E-state index contributed by atoms with van der Waals surface area (Å²) in [5.41, 5.74) is 0. The number of Topliss-reactive ketones (excluding diaryl/α,β-unsaturated/α-hetero) is 1. The van der Waals surface area contributed by atoms with Crippen molar-refractivity contribution in [2.75, 3.05) is 25.9 Å². The van der Waals surface area contributed by atoms with Gasteiger partial charge < -0.3 is 15.7 Å². The van der Waals surface area contributed by atoms with Crippen LogP contribution in [0, 0.1) is 11.8 Å². The second-order valence-corrected chi connectivity index (χ2v) is 6.48. The zero-order valence-electron chi connectivity index (χ0n) is 14.8. The molecule has 0 saturated heterocycles. The predicted molar refractivity (Wildman–Crippen MR) is 98.4 cm³/mol. The molecule has 0 aromatic rings. The maximum atomic E-state index is 12.3. The fourth-order valence-electron chi connectivity index (χ4n) is 2.61. The van der Waals surface area contributed by atoms with Crippen molar-refractivity contribution in [1.29, 1.82) is 0 Å². The van der Waals surface area contributed by atoms with E-state index in [0.29, 0.717) is 32.4 Å². The number of nitrogens with one attached hydrogen (secondary N) is 2. The van der Waals surface area contributed by atoms with E-state index in [-0.39, 0.29) is 24.0 Å². The van der Waals surface area contributed by atoms with Crippen molar-refractivity contribution in [3.05, 3.63) is 0 Å². The number of likely N-dealkylation sites (N-methyl/N-ethyl adjacent to an activating group) is 1. The number of hydrogen-bond acceptors (Lipinski definition) is 5. The summed E-state index contributed by atoms with van der Waals surface area (Å²) in [6.07, 6.45) is 3.97. The summed E-state index contributed by atoms with van der Waals surface area (Å²) in [7, 11) is 1.78. The molecule has 2 atom stereocenters. The van der Waals surface area contributed by atoms with Crippen molar-refractivity contribution < 1.29 is 19.5 Å². The van der Waals surface area contributed by atoms with Crippen molar-refractivity contribution >= 4 is 30.3 Å². The number of carboxylic acids is 1. The first-order valence-electron chi connectivity index (χ1n) is 8.73. The maximum Gasteiger partial charge on any atom is 0.304 e. The van der Waals surface area contributed by atoms with Crippen LogP contribution in [0.2, 0.25) is 0 Å². The molecule has 0 bridgehead atoms. The van der Waals surface area contributed by atoms with Gasteiger partial charge in [0.15, 0.2) is 0 Å². The van der Waals surface area contributed by atoms with Crippen LogP contribution in [0.3, 0.4) is 0 Å². The fraction of sp³-hybridized carbons (Fsp3) is 0.824. The summed E-state index contributed by atoms with van der Waals surface area (Å²) >= 11 is 4.15. The zero-order chi connectivity index (χ0) is 18.4. The highest BCUT2D eigenvalue weighted by Crippen LogP contribution is 2.22. The number of rotatable bonds is 15. The van der Waals surface area contributed by atoms with E-state index >= 15 is 0 Å². The molecular formula is C17H32N2O4S. The van der Waals surface area contributed by atoms with Gasteiger partial charge in [0.25, 0.3) is 0 Å². The Kier molecular flexibility index (Phi) is 13.6. The summed E-state index contributed by atoms with van der Waals surface area (Å²) < 4.78 is 0. The summed E-state index contributed by atoms with van der Waals surface area (Å²) in [5, 5.41) is 14.7. The largest absolute Gasteiger partial charge is 0.481 e. The Labute approximate surface area is 150 Å². The van der Waals surface area contributed by atoms with Crippen LogP contribution < -0.4 is 10.6 Å². The Morgan fingerprint density at radius 1 is 1.08 bits per heavy atom. The van der Waals surface area contributed by atoms with Crippen molar-refractivity contribution in [2.45, 2.75) is 51.9 Å². The number of carboxylic acid groups (broad SMARTS) is 1. The third kappa shape index (κ3) is 10.6. The fourth-order valence-corrected chi connectivity index (χ4v) is 2.83. The van der Waals surface area contributed by atoms with E-state index in [4.69, 9.17) is 5.11 Å². The lowest BCUT2D eigenvalue weighted by Crippen LogP contribution is -2.37. The molecule has 0 aliphatic rings. The van der Waals surface area contributed by atoms with E-state index in [9.17, 15) is 14.4 Å². The van der Waals surface area contributed by atoms with E-state index in [2.05, 4.69) is 23.3 Å². The van der Waals surface area contributed by atoms with Crippen LogP contribution in [-0.2, 0) is 14.4 Å². The number of aliphatic carboxylic acids is 1. The highest BCUT2D eigenvalue weighted by molar-refractivity contribution is 7.80. The third-order valence-electron chi connectivity index (χ3n) is 4.06. The van der Waals surface area contributed by atoms with E-state index < -0.39 is 11.9 Å². The molecule has 0 saturated carbocycles. The van der Waals surface area contributed by atoms with E-state index in [1.54, 1.807) is 7.05 Å². The molecule has 0 aliphatic heterocycles. The molecule has 24 heavy (non-hydrogen) atoms. The van der Waals surface area contributed by atoms with Crippen LogP contribution in [0.15, 0.2) is 0 Å². The minimum absolute atomic E-state index is 0.134. The van der Waals surface area contributed by atoms with E-state index in [1.807, 2.05) is 6.92 Å². The molecule has 7 heteroatoms. The predicted octanol–water partition coefficient (Wildman–Crippen LogP) is 1.89. The monoisotopic (exact) mass is 360 g/mol. The number of carbonyl (C=O) groups excluding carboxylic acids is 2. The average molecular weight is 361 g/mol. The van der Waals surface area contributed by atoms with Crippen molar-refractivity contribution in [3.8, 4) is 0 Å². The van der Waals surface area contributed by atoms with Crippen LogP contribution in [0.4, 0.5) is 0 Å². The lowest BCUT2D eigenvalue weighted by atomic mass is 9.85. The third-order valence-corrected chi connectivity index (χ3v) is 4.38. The van der Waals surface area contributed by atoms with Crippen molar-refractivity contribution in [1.82, 2.24) is 10.6 Å². The Hall–Kier alpha value is -1.08. The lowest BCUT2D eigenvalue weighted by Gasteiger charge is -2.20. The first-order chi connectivity index (χ1) is 11.5. The summed E-state index contributed by atoms with van der Waals surface area (Å²) in [6.45, 7) is 2.97. The van der Waals surface area contributed by atoms with Gasteiger partial charge in [-0.15, -0.1) is 0 Å². The van der Waals surface area contributed by atoms with E-state index in [0.717, 1.165) is 25.0 Å². The molecule has 0 aromatic carbocycles. The van der Waals surface area contributed by atoms with Crippen molar-refractivity contribution in [3.63, 3.8) is 0 Å². The van der Waals surface area contributed by atoms with Gasteiger partial charge in [-0.1, -0.05) is 13.3 Å². The summed E-state index contributed by atoms with van der Waals surface area (Å²) in [6, 6.07) is 0. The minimum atomic E-state index is -1.01. The van der Waals surface area contributed by atoms with Gasteiger partial charge in [-0.3, -0.25) is 14.4 Å². The number of unbranched alkanes of at least 4 members (excludes halogenated alkanes) is 2. The number of hydrogen-bond donors (Lipinski definition) is 4. The van der Waals surface area contributed by atoms with Crippen LogP contribution in [0.5, 0.6) is 0 Å². The number of ketones is 1. The molecular weight excluding hydrogens is 328 g/mol. The molecule has 0 radical (unpaired) electrons. The Morgan fingerprint density at radius 3 is 2.33 bits per heavy atom. The van der Waals surface area contributed by atoms with Gasteiger partial charge in [0.05, 0.1) is 6.42 Å². The molecule has 0 heterocycles. The van der Waals surface area contributed by atoms with Gasteiger partial charge in [0.1, 0.15) is 5.78 Å². The second-order valence-electron chi connectivity index (χ2n) is 6.03. The first kappa shape index (κ1) is 22.9. The maximum absolute atomic E-state index is 12.3. The van der Waals surface area contributed by atoms with Gasteiger partial charge in [0.2, 0.25) is 5.91 Å². The quantitative estimate of drug-likeness (QED) is 0.264. The summed E-state index contributed by atoms with van der Waals surface area (Å²) in [4.78, 5) is 35.6. The molecule has 3 N–H and O–H groups in total. The van der Waals surface area contributed by atoms with Gasteiger partial charge >= 0.3 is 5.97 Å². The van der Waals surface area contributed by atoms with Gasteiger partial charge in [-0.2, -0.15) is 12.6 Å². The minimum Gasteiger partial charge on any atom is -0.481 e. The van der Waals surface area contributed by atoms with Crippen LogP contribution in [-0.4, -0.2) is 48.7 Å². The lowest BCUT2D eigenvalue weighted by molar-refractivity contribution is -0.142. The van der Waals surface area contributed by atoms with Gasteiger partial charge in [-0.25, -0.2) is 0 Å². The van der Waals surface area contributed by atoms with Crippen molar-refractivity contribution in [2.24, 2.45) is 11.8 Å². The molecule has 1 unspecified atom stereocenters. The van der Waals surface area contributed by atoms with Gasteiger partial charge in [-0.05, 0) is 38.5 Å². The van der Waals surface area contributed by atoms with Crippen LogP contribution >= 0.6 is 12.6 Å². The number of carbonyl (C=O) groups is 3. The highest BCUT2D eigenvalue weighted by atomic mass is 32.1. The average Bonchev–Trinajstić information content (AvgIpc) is 2.54. The van der Waals surface area contributed by atoms with Crippen LogP contribution in [0.25, 0.3) is 0 Å². The normalized spacial score (nSPS) is 13.3. The van der Waals surface area contributed by atoms with Gasteiger partial charge in [0, 0.05) is 31.3 Å². The van der Waals surface area contributed by atoms with E-state index in [1.165, 1.54) is 0 Å². The Bertz CT molecular complexity index is 391. The molecule has 140 valence electrons. The number of amides is 1.